The lowest BCUT2D eigenvalue weighted by Gasteiger charge is -2.42. The van der Waals surface area contributed by atoms with Gasteiger partial charge in [0.1, 0.15) is 11.5 Å². The molecule has 10 aromatic rings. The Bertz CT molecular complexity index is 4120. The molecule has 4 aliphatic heterocycles. The average Bonchev–Trinajstić information content (AvgIpc) is 4.02. The van der Waals surface area contributed by atoms with Crippen molar-refractivity contribution >= 4 is 86.8 Å². The molecule has 16 rings (SSSR count). The lowest BCUT2D eigenvalue weighted by atomic mass is 9.34. The first kappa shape index (κ1) is 42.2. The molecule has 0 saturated carbocycles. The fourth-order valence-electron chi connectivity index (χ4n) is 13.9. The minimum Gasteiger partial charge on any atom is -0.458 e. The molecule has 6 heteroatoms. The maximum absolute atomic E-state index is 7.46. The zero-order valence-electron chi connectivity index (χ0n) is 41.3. The molecule has 6 aliphatic rings. The van der Waals surface area contributed by atoms with Crippen molar-refractivity contribution in [2.24, 2.45) is 0 Å². The van der Waals surface area contributed by atoms with Crippen LogP contribution >= 0.6 is 23.5 Å². The van der Waals surface area contributed by atoms with Crippen LogP contribution in [0.15, 0.2) is 214 Å². The Kier molecular flexibility index (Phi) is 8.59. The van der Waals surface area contributed by atoms with E-state index in [2.05, 4.69) is 234 Å². The van der Waals surface area contributed by atoms with Gasteiger partial charge in [-0.3, -0.25) is 0 Å². The lowest BCUT2D eigenvalue weighted by molar-refractivity contribution is 0.487. The van der Waals surface area contributed by atoms with Crippen LogP contribution in [0.5, 0.6) is 11.5 Å². The summed E-state index contributed by atoms with van der Waals surface area (Å²) in [6.45, 7) is 11.6. The Morgan fingerprint density at radius 1 is 0.438 bits per heavy atom. The zero-order chi connectivity index (χ0) is 48.6. The van der Waals surface area contributed by atoms with E-state index >= 15 is 0 Å². The molecule has 0 unspecified atom stereocenters. The number of hydrogen-bond donors (Lipinski definition) is 0. The number of para-hydroxylation sites is 1. The smallest absolute Gasteiger partial charge is 0.253 e. The summed E-state index contributed by atoms with van der Waals surface area (Å²) < 4.78 is 7.46. The summed E-state index contributed by atoms with van der Waals surface area (Å²) in [4.78, 5) is 7.94. The van der Waals surface area contributed by atoms with E-state index in [-0.39, 0.29) is 18.8 Å². The maximum Gasteiger partial charge on any atom is 0.253 e. The fourth-order valence-corrected chi connectivity index (χ4v) is 16.4. The first-order valence-electron chi connectivity index (χ1n) is 25.7. The van der Waals surface area contributed by atoms with Gasteiger partial charge in [-0.05, 0) is 151 Å². The second-order valence-corrected chi connectivity index (χ2v) is 24.2. The SMILES string of the molecule is Cc1cc2c3c(c1)Sc1ccccc1B3c1ccc3c(c1O2)-c1ccccc1[C@@]31c2ccccc2-c2cc3c(cc21)N(c1ccccc1-c1ccccc1)c1cc(C)cc2c1B3c1cc(C(C)(C)C)ccc1S2. The van der Waals surface area contributed by atoms with Crippen LogP contribution in [0, 0.1) is 13.8 Å². The van der Waals surface area contributed by atoms with Gasteiger partial charge in [-0.1, -0.05) is 201 Å². The van der Waals surface area contributed by atoms with Gasteiger partial charge in [-0.15, -0.1) is 0 Å². The molecule has 0 bridgehead atoms. The number of aryl methyl sites for hydroxylation is 2. The van der Waals surface area contributed by atoms with E-state index in [9.17, 15) is 0 Å². The zero-order valence-corrected chi connectivity index (χ0v) is 42.9. The van der Waals surface area contributed by atoms with Gasteiger partial charge in [0, 0.05) is 42.1 Å². The highest BCUT2D eigenvalue weighted by atomic mass is 32.2. The molecule has 4 heterocycles. The van der Waals surface area contributed by atoms with Gasteiger partial charge in [0.05, 0.1) is 11.1 Å². The number of rotatable bonds is 2. The van der Waals surface area contributed by atoms with Crippen molar-refractivity contribution in [2.75, 3.05) is 4.90 Å². The maximum atomic E-state index is 7.46. The molecular formula is C67H47B2NOS2. The quantitative estimate of drug-likeness (QED) is 0.160. The van der Waals surface area contributed by atoms with Crippen LogP contribution in [0.2, 0.25) is 0 Å². The van der Waals surface area contributed by atoms with E-state index in [4.69, 9.17) is 4.74 Å². The average molecular weight is 968 g/mol. The number of nitrogens with zero attached hydrogens (tertiary/aromatic N) is 1. The number of benzene rings is 10. The third-order valence-corrected chi connectivity index (χ3v) is 19.2. The largest absolute Gasteiger partial charge is 0.458 e. The van der Waals surface area contributed by atoms with Crippen LogP contribution in [0.3, 0.4) is 0 Å². The summed E-state index contributed by atoms with van der Waals surface area (Å²) in [6, 6.07) is 74.6. The minimum atomic E-state index is -0.619. The van der Waals surface area contributed by atoms with E-state index in [1.54, 1.807) is 0 Å². The first-order chi connectivity index (χ1) is 35.6. The van der Waals surface area contributed by atoms with Crippen molar-refractivity contribution in [2.45, 2.75) is 65.0 Å². The van der Waals surface area contributed by atoms with E-state index in [1.807, 2.05) is 23.5 Å². The number of fused-ring (bicyclic) bond motifs is 19. The summed E-state index contributed by atoms with van der Waals surface area (Å²) in [5.74, 6) is 1.96. The van der Waals surface area contributed by atoms with Crippen molar-refractivity contribution in [3.63, 3.8) is 0 Å². The van der Waals surface area contributed by atoms with Gasteiger partial charge in [-0.25, -0.2) is 0 Å². The van der Waals surface area contributed by atoms with Gasteiger partial charge in [0.25, 0.3) is 6.71 Å². The molecule has 1 atom stereocenters. The van der Waals surface area contributed by atoms with Gasteiger partial charge in [0.15, 0.2) is 0 Å². The molecule has 2 aliphatic carbocycles. The Labute approximate surface area is 436 Å². The number of hydrogen-bond acceptors (Lipinski definition) is 4. The highest BCUT2D eigenvalue weighted by Gasteiger charge is 2.55. The van der Waals surface area contributed by atoms with Crippen LogP contribution in [-0.4, -0.2) is 13.4 Å². The molecule has 73 heavy (non-hydrogen) atoms. The Morgan fingerprint density at radius 2 is 1.10 bits per heavy atom. The van der Waals surface area contributed by atoms with Crippen LogP contribution in [0.1, 0.15) is 59.7 Å². The molecule has 0 radical (unpaired) electrons. The summed E-state index contributed by atoms with van der Waals surface area (Å²) in [5.41, 5.74) is 27.6. The van der Waals surface area contributed by atoms with E-state index in [0.717, 1.165) is 11.5 Å². The molecule has 344 valence electrons. The third-order valence-electron chi connectivity index (χ3n) is 16.9. The normalized spacial score (nSPS) is 16.3. The Balaban J connectivity index is 1.01. The van der Waals surface area contributed by atoms with Crippen molar-refractivity contribution in [3.8, 4) is 44.9 Å². The van der Waals surface area contributed by atoms with Crippen molar-refractivity contribution in [1.82, 2.24) is 0 Å². The summed E-state index contributed by atoms with van der Waals surface area (Å²) >= 11 is 3.82. The van der Waals surface area contributed by atoms with Crippen LogP contribution < -0.4 is 42.4 Å². The minimum absolute atomic E-state index is 0.00775. The highest BCUT2D eigenvalue weighted by Crippen LogP contribution is 2.65. The predicted molar refractivity (Wildman–Crippen MR) is 308 cm³/mol. The third kappa shape index (κ3) is 5.61. The second kappa shape index (κ2) is 14.9. The fraction of sp³-hybridized carbons (Fsp3) is 0.104. The predicted octanol–water partition coefficient (Wildman–Crippen LogP) is 13.5. The molecule has 1 spiro atoms. The second-order valence-electron chi connectivity index (χ2n) is 22.0. The molecular weight excluding hydrogens is 921 g/mol. The molecule has 2 nitrogen and oxygen atoms in total. The Morgan fingerprint density at radius 3 is 1.90 bits per heavy atom. The van der Waals surface area contributed by atoms with Crippen LogP contribution in [0.4, 0.5) is 17.1 Å². The van der Waals surface area contributed by atoms with Gasteiger partial charge >= 0.3 is 0 Å². The van der Waals surface area contributed by atoms with Crippen molar-refractivity contribution in [1.29, 1.82) is 0 Å². The first-order valence-corrected chi connectivity index (χ1v) is 27.3. The van der Waals surface area contributed by atoms with E-state index in [1.165, 1.54) is 142 Å². The van der Waals surface area contributed by atoms with Crippen LogP contribution in [-0.2, 0) is 10.8 Å². The summed E-state index contributed by atoms with van der Waals surface area (Å²) in [6.07, 6.45) is 0. The summed E-state index contributed by atoms with van der Waals surface area (Å²) in [5, 5.41) is 0. The molecule has 0 fully saturated rings. The number of ether oxygens (including phenoxy) is 1. The summed E-state index contributed by atoms with van der Waals surface area (Å²) in [7, 11) is 0. The Hall–Kier alpha value is -7.37. The van der Waals surface area contributed by atoms with Gasteiger partial charge in [-0.2, -0.15) is 0 Å². The van der Waals surface area contributed by atoms with Crippen molar-refractivity contribution in [3.05, 3.63) is 233 Å². The molecule has 10 aromatic carbocycles. The van der Waals surface area contributed by atoms with Crippen LogP contribution in [0.25, 0.3) is 33.4 Å². The van der Waals surface area contributed by atoms with E-state index < -0.39 is 5.41 Å². The van der Waals surface area contributed by atoms with Crippen molar-refractivity contribution < 1.29 is 4.74 Å². The monoisotopic (exact) mass is 967 g/mol. The lowest BCUT2D eigenvalue weighted by Crippen LogP contribution is -2.60. The molecule has 0 amide bonds. The highest BCUT2D eigenvalue weighted by molar-refractivity contribution is 8.00. The van der Waals surface area contributed by atoms with Gasteiger partial charge in [0.2, 0.25) is 6.71 Å². The molecule has 0 aromatic heterocycles. The topological polar surface area (TPSA) is 12.5 Å². The molecule has 0 saturated heterocycles. The molecule has 0 N–H and O–H groups in total. The number of anilines is 3. The van der Waals surface area contributed by atoms with Gasteiger partial charge < -0.3 is 9.64 Å². The standard InChI is InChI=1S/C67H47B2NOS2/c1-38-31-56-63-60(33-38)73-59-30-27-41(66(3,4)5)35-53(59)69(63)52-36-45-43-20-9-12-22-46(43)67(49(45)37-55(52)70(56)54-25-15-11-19-42(54)40-17-7-6-8-18-40)47-23-13-10-21-44(47)62-48(67)28-29-51-65(62)71-57-32-39(2)34-61-64(57)68(51)50-24-14-16-26-58(50)72-61/h6-37H,1-5H3/t67-/m0/s1. The van der Waals surface area contributed by atoms with E-state index in [0.29, 0.717) is 0 Å².